The summed E-state index contributed by atoms with van der Waals surface area (Å²) in [6.45, 7) is 0.921. The quantitative estimate of drug-likeness (QED) is 0.338. The minimum atomic E-state index is -0.620. The van der Waals surface area contributed by atoms with Crippen molar-refractivity contribution in [2.45, 2.75) is 6.92 Å². The highest BCUT2D eigenvalue weighted by molar-refractivity contribution is 6.17. The van der Waals surface area contributed by atoms with E-state index >= 15 is 0 Å². The van der Waals surface area contributed by atoms with Gasteiger partial charge >= 0.3 is 5.97 Å². The first-order valence-electron chi connectivity index (χ1n) is 8.00. The Morgan fingerprint density at radius 3 is 2.08 bits per heavy atom. The van der Waals surface area contributed by atoms with Crippen molar-refractivity contribution >= 4 is 33.3 Å². The average molecular weight is 344 g/mol. The normalized spacial score (nSPS) is 11.7. The Bertz CT molecular complexity index is 1050. The van der Waals surface area contributed by atoms with E-state index in [4.69, 9.17) is 15.7 Å². The van der Waals surface area contributed by atoms with Crippen LogP contribution >= 0.6 is 0 Å². The fourth-order valence-electron chi connectivity index (χ4n) is 2.88. The van der Waals surface area contributed by atoms with Crippen molar-refractivity contribution < 1.29 is 14.3 Å². The summed E-state index contributed by atoms with van der Waals surface area (Å²) in [5.74, 6) is -1.23. The zero-order valence-corrected chi connectivity index (χ0v) is 14.2. The number of hydrogen-bond donors (Lipinski definition) is 1. The number of esters is 1. The number of nitrogens with zero attached hydrogens (tertiary/aromatic N) is 1. The van der Waals surface area contributed by atoms with Crippen LogP contribution in [0.25, 0.3) is 21.5 Å². The standard InChI is InChI=1S/C21H16N2O3/c1-13(23)18(11-22)19(24)12-26-21(25)20-16-8-4-2-6-14(16)10-15-7-3-5-9-17(15)20/h2-10H,12,23H2,1H3. The molecule has 0 amide bonds. The predicted molar refractivity (Wildman–Crippen MR) is 99.2 cm³/mol. The zero-order valence-electron chi connectivity index (χ0n) is 14.2. The van der Waals surface area contributed by atoms with Crippen LogP contribution in [0.15, 0.2) is 65.9 Å². The Kier molecular flexibility index (Phi) is 4.68. The Hall–Kier alpha value is -3.65. The Labute approximate surface area is 150 Å². The molecule has 3 aromatic carbocycles. The van der Waals surface area contributed by atoms with Crippen LogP contribution < -0.4 is 5.73 Å². The van der Waals surface area contributed by atoms with Crippen molar-refractivity contribution in [3.8, 4) is 6.07 Å². The van der Waals surface area contributed by atoms with E-state index in [1.165, 1.54) is 6.92 Å². The molecule has 5 nitrogen and oxygen atoms in total. The van der Waals surface area contributed by atoms with Crippen LogP contribution in [0.1, 0.15) is 17.3 Å². The van der Waals surface area contributed by atoms with E-state index in [0.29, 0.717) is 5.56 Å². The van der Waals surface area contributed by atoms with E-state index < -0.39 is 18.4 Å². The van der Waals surface area contributed by atoms with Gasteiger partial charge in [-0.2, -0.15) is 5.26 Å². The molecule has 5 heteroatoms. The monoisotopic (exact) mass is 344 g/mol. The number of hydrogen-bond acceptors (Lipinski definition) is 5. The summed E-state index contributed by atoms with van der Waals surface area (Å²) >= 11 is 0. The summed E-state index contributed by atoms with van der Waals surface area (Å²) in [5.41, 5.74) is 5.82. The van der Waals surface area contributed by atoms with E-state index in [0.717, 1.165) is 21.5 Å². The molecule has 0 heterocycles. The maximum absolute atomic E-state index is 12.8. The second-order valence-corrected chi connectivity index (χ2v) is 5.86. The van der Waals surface area contributed by atoms with Gasteiger partial charge in [0.15, 0.2) is 6.61 Å². The van der Waals surface area contributed by atoms with Crippen molar-refractivity contribution in [1.82, 2.24) is 0 Å². The van der Waals surface area contributed by atoms with Gasteiger partial charge in [0.2, 0.25) is 5.78 Å². The smallest absolute Gasteiger partial charge is 0.339 e. The number of carbonyl (C=O) groups is 2. The number of nitriles is 1. The number of fused-ring (bicyclic) bond motifs is 2. The van der Waals surface area contributed by atoms with E-state index in [-0.39, 0.29) is 11.3 Å². The summed E-state index contributed by atoms with van der Waals surface area (Å²) in [5, 5.41) is 12.3. The molecule has 0 aliphatic rings. The number of Topliss-reactive ketones (excluding diaryl/α,β-unsaturated/α-hetero) is 1. The maximum atomic E-state index is 12.8. The third-order valence-corrected chi connectivity index (χ3v) is 4.09. The molecule has 0 aromatic heterocycles. The van der Waals surface area contributed by atoms with Gasteiger partial charge < -0.3 is 10.5 Å². The van der Waals surface area contributed by atoms with Crippen LogP contribution in [0, 0.1) is 11.3 Å². The number of ketones is 1. The Morgan fingerprint density at radius 1 is 1.04 bits per heavy atom. The number of ether oxygens (including phenoxy) is 1. The molecule has 0 saturated carbocycles. The third kappa shape index (κ3) is 3.13. The molecule has 0 atom stereocenters. The third-order valence-electron chi connectivity index (χ3n) is 4.09. The Balaban J connectivity index is 2.01. The fourth-order valence-corrected chi connectivity index (χ4v) is 2.88. The second kappa shape index (κ2) is 7.08. The number of carbonyl (C=O) groups excluding carboxylic acids is 2. The van der Waals surface area contributed by atoms with E-state index in [9.17, 15) is 9.59 Å². The highest BCUT2D eigenvalue weighted by Crippen LogP contribution is 2.29. The molecule has 0 aliphatic carbocycles. The predicted octanol–water partition coefficient (Wildman–Crippen LogP) is 3.48. The molecule has 26 heavy (non-hydrogen) atoms. The highest BCUT2D eigenvalue weighted by Gasteiger charge is 2.19. The molecule has 0 unspecified atom stereocenters. The molecule has 0 bridgehead atoms. The lowest BCUT2D eigenvalue weighted by Crippen LogP contribution is -2.18. The molecule has 128 valence electrons. The van der Waals surface area contributed by atoms with E-state index in [2.05, 4.69) is 0 Å². The lowest BCUT2D eigenvalue weighted by molar-refractivity contribution is -0.118. The first kappa shape index (κ1) is 17.2. The minimum absolute atomic E-state index is 0.101. The number of rotatable bonds is 4. The Morgan fingerprint density at radius 2 is 1.58 bits per heavy atom. The SMILES string of the molecule is CC(N)=C(C#N)C(=O)COC(=O)c1c2ccccc2cc2ccccc12. The van der Waals surface area contributed by atoms with Gasteiger partial charge in [-0.3, -0.25) is 4.79 Å². The molecule has 0 fully saturated rings. The topological polar surface area (TPSA) is 93.2 Å². The fraction of sp³-hybridized carbons (Fsp3) is 0.0952. The number of allylic oxidation sites excluding steroid dienone is 1. The summed E-state index contributed by atoms with van der Waals surface area (Å²) in [6.07, 6.45) is 0. The van der Waals surface area contributed by atoms with Crippen LogP contribution in [0.2, 0.25) is 0 Å². The number of nitrogens with two attached hydrogens (primary N) is 1. The van der Waals surface area contributed by atoms with Crippen molar-refractivity contribution in [3.05, 3.63) is 71.4 Å². The van der Waals surface area contributed by atoms with Crippen LogP contribution in [-0.4, -0.2) is 18.4 Å². The summed E-state index contributed by atoms with van der Waals surface area (Å²) < 4.78 is 5.21. The van der Waals surface area contributed by atoms with Gasteiger partial charge in [-0.25, -0.2) is 4.79 Å². The maximum Gasteiger partial charge on any atom is 0.339 e. The molecule has 3 rings (SSSR count). The lowest BCUT2D eigenvalue weighted by Gasteiger charge is -2.11. The van der Waals surface area contributed by atoms with Crippen LogP contribution in [0.3, 0.4) is 0 Å². The van der Waals surface area contributed by atoms with E-state index in [1.54, 1.807) is 6.07 Å². The van der Waals surface area contributed by atoms with E-state index in [1.807, 2.05) is 54.6 Å². The van der Waals surface area contributed by atoms with Crippen molar-refractivity contribution in [2.75, 3.05) is 6.61 Å². The molecule has 0 spiro atoms. The molecule has 2 N–H and O–H groups in total. The molecular weight excluding hydrogens is 328 g/mol. The first-order valence-corrected chi connectivity index (χ1v) is 8.00. The van der Waals surface area contributed by atoms with Crippen molar-refractivity contribution in [1.29, 1.82) is 5.26 Å². The molecule has 0 saturated heterocycles. The summed E-state index contributed by atoms with van der Waals surface area (Å²) in [6, 6.07) is 18.7. The van der Waals surface area contributed by atoms with Gasteiger partial charge in [0.05, 0.1) is 5.56 Å². The highest BCUT2D eigenvalue weighted by atomic mass is 16.5. The average Bonchev–Trinajstić information content (AvgIpc) is 2.64. The van der Waals surface area contributed by atoms with Gasteiger partial charge in [0, 0.05) is 5.70 Å². The molecule has 0 aliphatic heterocycles. The summed E-state index contributed by atoms with van der Waals surface area (Å²) in [4.78, 5) is 24.8. The first-order chi connectivity index (χ1) is 12.5. The largest absolute Gasteiger partial charge is 0.454 e. The molecular formula is C21H16N2O3. The lowest BCUT2D eigenvalue weighted by atomic mass is 9.97. The summed E-state index contributed by atoms with van der Waals surface area (Å²) in [7, 11) is 0. The van der Waals surface area contributed by atoms with Gasteiger partial charge in [-0.05, 0) is 34.5 Å². The van der Waals surface area contributed by atoms with Gasteiger partial charge in [-0.1, -0.05) is 48.5 Å². The van der Waals surface area contributed by atoms with Gasteiger partial charge in [-0.15, -0.1) is 0 Å². The van der Waals surface area contributed by atoms with Gasteiger partial charge in [0.25, 0.3) is 0 Å². The van der Waals surface area contributed by atoms with Crippen LogP contribution in [0.4, 0.5) is 0 Å². The molecule has 3 aromatic rings. The van der Waals surface area contributed by atoms with Crippen molar-refractivity contribution in [2.24, 2.45) is 5.73 Å². The number of benzene rings is 3. The van der Waals surface area contributed by atoms with Crippen LogP contribution in [0.5, 0.6) is 0 Å². The van der Waals surface area contributed by atoms with Gasteiger partial charge in [0.1, 0.15) is 11.6 Å². The second-order valence-electron chi connectivity index (χ2n) is 5.86. The van der Waals surface area contributed by atoms with Crippen LogP contribution in [-0.2, 0) is 9.53 Å². The minimum Gasteiger partial charge on any atom is -0.454 e. The molecule has 0 radical (unpaired) electrons. The zero-order chi connectivity index (χ0) is 18.7. The van der Waals surface area contributed by atoms with Crippen molar-refractivity contribution in [3.63, 3.8) is 0 Å².